The molecule has 2 rings (SSSR count). The predicted molar refractivity (Wildman–Crippen MR) is 67.4 cm³/mol. The van der Waals surface area contributed by atoms with Crippen molar-refractivity contribution < 1.29 is 26.3 Å². The van der Waals surface area contributed by atoms with Crippen LogP contribution in [0.15, 0.2) is 18.3 Å². The highest BCUT2D eigenvalue weighted by atomic mass is 19.4. The van der Waals surface area contributed by atoms with Crippen molar-refractivity contribution >= 4 is 5.95 Å². The fourth-order valence-electron chi connectivity index (χ4n) is 1.76. The van der Waals surface area contributed by atoms with Gasteiger partial charge in [0.2, 0.25) is 5.95 Å². The summed E-state index contributed by atoms with van der Waals surface area (Å²) in [7, 11) is 1.28. The number of alkyl halides is 6. The molecule has 11 heteroatoms. The van der Waals surface area contributed by atoms with Crippen molar-refractivity contribution in [3.8, 4) is 0 Å². The highest BCUT2D eigenvalue weighted by molar-refractivity contribution is 5.27. The standard InChI is InChI=1S/C12H11F6N5/c1-23-10(21-9(22-23)12(16,17)18)20-5-3-7-2-4-19-8(6-7)11(13,14)15/h2,4,6H,3,5H2,1H3,(H,20,21,22). The van der Waals surface area contributed by atoms with Crippen LogP contribution in [-0.4, -0.2) is 26.3 Å². The Hall–Kier alpha value is -2.33. The highest BCUT2D eigenvalue weighted by Crippen LogP contribution is 2.28. The molecule has 0 aromatic carbocycles. The van der Waals surface area contributed by atoms with E-state index >= 15 is 0 Å². The Bertz CT molecular complexity index is 675. The van der Waals surface area contributed by atoms with Crippen molar-refractivity contribution in [3.63, 3.8) is 0 Å². The molecule has 2 heterocycles. The molecular weight excluding hydrogens is 328 g/mol. The van der Waals surface area contributed by atoms with Crippen LogP contribution < -0.4 is 5.32 Å². The van der Waals surface area contributed by atoms with E-state index in [1.807, 2.05) is 0 Å². The van der Waals surface area contributed by atoms with Gasteiger partial charge in [-0.15, -0.1) is 5.10 Å². The van der Waals surface area contributed by atoms with Crippen LogP contribution in [0.2, 0.25) is 0 Å². The Morgan fingerprint density at radius 2 is 1.83 bits per heavy atom. The third-order valence-electron chi connectivity index (χ3n) is 2.83. The minimum Gasteiger partial charge on any atom is -0.354 e. The molecule has 0 aliphatic carbocycles. The first kappa shape index (κ1) is 17.0. The number of hydrogen-bond donors (Lipinski definition) is 1. The smallest absolute Gasteiger partial charge is 0.354 e. The first-order valence-electron chi connectivity index (χ1n) is 6.31. The van der Waals surface area contributed by atoms with Gasteiger partial charge in [-0.1, -0.05) is 0 Å². The molecule has 0 spiro atoms. The van der Waals surface area contributed by atoms with Crippen LogP contribution in [0.5, 0.6) is 0 Å². The molecule has 0 bridgehead atoms. The van der Waals surface area contributed by atoms with Crippen molar-refractivity contribution in [1.29, 1.82) is 0 Å². The summed E-state index contributed by atoms with van der Waals surface area (Å²) in [4.78, 5) is 6.52. The van der Waals surface area contributed by atoms with Gasteiger partial charge in [-0.2, -0.15) is 31.3 Å². The lowest BCUT2D eigenvalue weighted by Gasteiger charge is -2.08. The van der Waals surface area contributed by atoms with Crippen LogP contribution in [0.3, 0.4) is 0 Å². The summed E-state index contributed by atoms with van der Waals surface area (Å²) >= 11 is 0. The third kappa shape index (κ3) is 4.33. The number of halogens is 6. The van der Waals surface area contributed by atoms with E-state index in [4.69, 9.17) is 0 Å². The van der Waals surface area contributed by atoms with Crippen LogP contribution >= 0.6 is 0 Å². The molecule has 0 saturated carbocycles. The highest BCUT2D eigenvalue weighted by Gasteiger charge is 2.36. The van der Waals surface area contributed by atoms with Gasteiger partial charge in [0.15, 0.2) is 0 Å². The number of nitrogens with one attached hydrogen (secondary N) is 1. The van der Waals surface area contributed by atoms with Crippen LogP contribution in [0.25, 0.3) is 0 Å². The molecule has 0 saturated heterocycles. The molecule has 5 nitrogen and oxygen atoms in total. The Morgan fingerprint density at radius 3 is 2.39 bits per heavy atom. The topological polar surface area (TPSA) is 55.6 Å². The maximum atomic E-state index is 12.5. The first-order chi connectivity index (χ1) is 10.6. The van der Waals surface area contributed by atoms with Crippen molar-refractivity contribution in [2.75, 3.05) is 11.9 Å². The molecule has 0 radical (unpaired) electrons. The van der Waals surface area contributed by atoms with Gasteiger partial charge in [0.05, 0.1) is 0 Å². The molecule has 0 unspecified atom stereocenters. The van der Waals surface area contributed by atoms with Gasteiger partial charge >= 0.3 is 12.4 Å². The van der Waals surface area contributed by atoms with E-state index in [0.29, 0.717) is 5.56 Å². The normalized spacial score (nSPS) is 12.5. The monoisotopic (exact) mass is 339 g/mol. The van der Waals surface area contributed by atoms with E-state index in [0.717, 1.165) is 16.9 Å². The van der Waals surface area contributed by atoms with Gasteiger partial charge in [-0.3, -0.25) is 4.98 Å². The molecule has 2 aromatic rings. The Labute approximate surface area is 126 Å². The zero-order valence-corrected chi connectivity index (χ0v) is 11.7. The molecule has 23 heavy (non-hydrogen) atoms. The van der Waals surface area contributed by atoms with E-state index in [2.05, 4.69) is 20.4 Å². The van der Waals surface area contributed by atoms with Crippen molar-refractivity contribution in [2.45, 2.75) is 18.8 Å². The van der Waals surface area contributed by atoms with Gasteiger partial charge in [-0.25, -0.2) is 4.68 Å². The fourth-order valence-corrected chi connectivity index (χ4v) is 1.76. The van der Waals surface area contributed by atoms with Gasteiger partial charge in [0.1, 0.15) is 5.69 Å². The minimum atomic E-state index is -4.66. The number of hydrogen-bond acceptors (Lipinski definition) is 4. The van der Waals surface area contributed by atoms with Gasteiger partial charge in [-0.05, 0) is 24.1 Å². The van der Waals surface area contributed by atoms with E-state index in [-0.39, 0.29) is 18.9 Å². The lowest BCUT2D eigenvalue weighted by molar-refractivity contribution is -0.145. The van der Waals surface area contributed by atoms with Crippen molar-refractivity contribution in [1.82, 2.24) is 19.7 Å². The third-order valence-corrected chi connectivity index (χ3v) is 2.83. The molecule has 126 valence electrons. The molecule has 0 aliphatic heterocycles. The summed E-state index contributed by atoms with van der Waals surface area (Å²) in [5.41, 5.74) is -0.675. The Kier molecular flexibility index (Phi) is 4.48. The number of nitrogens with zero attached hydrogens (tertiary/aromatic N) is 4. The predicted octanol–water partition coefficient (Wildman–Crippen LogP) is 2.90. The molecule has 0 atom stereocenters. The second-order valence-corrected chi connectivity index (χ2v) is 4.60. The van der Waals surface area contributed by atoms with Crippen molar-refractivity contribution in [3.05, 3.63) is 35.4 Å². The molecule has 2 aromatic heterocycles. The lowest BCUT2D eigenvalue weighted by Crippen LogP contribution is -2.11. The summed E-state index contributed by atoms with van der Waals surface area (Å²) < 4.78 is 75.8. The second kappa shape index (κ2) is 6.05. The van der Waals surface area contributed by atoms with E-state index in [9.17, 15) is 26.3 Å². The van der Waals surface area contributed by atoms with Crippen LogP contribution in [0.4, 0.5) is 32.3 Å². The van der Waals surface area contributed by atoms with Gasteiger partial charge in [0, 0.05) is 19.8 Å². The zero-order chi connectivity index (χ0) is 17.3. The largest absolute Gasteiger partial charge is 0.453 e. The Morgan fingerprint density at radius 1 is 1.13 bits per heavy atom. The van der Waals surface area contributed by atoms with Gasteiger partial charge in [0.25, 0.3) is 5.82 Å². The molecular formula is C12H11F6N5. The summed E-state index contributed by atoms with van der Waals surface area (Å²) in [6, 6.07) is 2.29. The SMILES string of the molecule is Cn1nc(C(F)(F)F)nc1NCCc1ccnc(C(F)(F)F)c1. The molecule has 0 aliphatic rings. The van der Waals surface area contributed by atoms with Crippen LogP contribution in [0, 0.1) is 0 Å². The molecule has 0 amide bonds. The summed E-state index contributed by atoms with van der Waals surface area (Å²) in [5, 5.41) is 5.81. The zero-order valence-electron chi connectivity index (χ0n) is 11.7. The average molecular weight is 339 g/mol. The van der Waals surface area contributed by atoms with Crippen LogP contribution in [0.1, 0.15) is 17.1 Å². The Balaban J connectivity index is 1.99. The second-order valence-electron chi connectivity index (χ2n) is 4.60. The number of aromatic nitrogens is 4. The van der Waals surface area contributed by atoms with Crippen LogP contribution in [-0.2, 0) is 25.8 Å². The number of anilines is 1. The van der Waals surface area contributed by atoms with E-state index in [1.54, 1.807) is 0 Å². The van der Waals surface area contributed by atoms with E-state index < -0.39 is 23.9 Å². The minimum absolute atomic E-state index is 0.0884. The summed E-state index contributed by atoms with van der Waals surface area (Å²) in [6.07, 6.45) is -8.03. The fraction of sp³-hybridized carbons (Fsp3) is 0.417. The first-order valence-corrected chi connectivity index (χ1v) is 6.31. The number of pyridine rings is 1. The maximum Gasteiger partial charge on any atom is 0.453 e. The lowest BCUT2D eigenvalue weighted by atomic mass is 10.1. The van der Waals surface area contributed by atoms with Crippen molar-refractivity contribution in [2.24, 2.45) is 7.05 Å². The molecule has 1 N–H and O–H groups in total. The van der Waals surface area contributed by atoms with E-state index in [1.165, 1.54) is 13.1 Å². The maximum absolute atomic E-state index is 12.5. The quantitative estimate of drug-likeness (QED) is 0.871. The number of aryl methyl sites for hydroxylation is 1. The summed E-state index contributed by atoms with van der Waals surface area (Å²) in [6.45, 7) is 0.0884. The average Bonchev–Trinajstić information content (AvgIpc) is 2.80. The van der Waals surface area contributed by atoms with Gasteiger partial charge < -0.3 is 5.32 Å². The summed E-state index contributed by atoms with van der Waals surface area (Å²) in [5.74, 6) is -1.41. The molecule has 0 fully saturated rings. The number of rotatable bonds is 4.